The van der Waals surface area contributed by atoms with Crippen LogP contribution in [0.4, 0.5) is 20.3 Å². The summed E-state index contributed by atoms with van der Waals surface area (Å²) in [5.74, 6) is -1.32. The number of halogens is 2. The van der Waals surface area contributed by atoms with Crippen molar-refractivity contribution in [3.63, 3.8) is 0 Å². The van der Waals surface area contributed by atoms with Gasteiger partial charge in [0.1, 0.15) is 25.3 Å². The van der Waals surface area contributed by atoms with Gasteiger partial charge in [0.15, 0.2) is 5.65 Å². The molecule has 184 valence electrons. The van der Waals surface area contributed by atoms with Crippen LogP contribution in [0.2, 0.25) is 0 Å². The van der Waals surface area contributed by atoms with Crippen LogP contribution in [-0.2, 0) is 16.6 Å². The van der Waals surface area contributed by atoms with Crippen molar-refractivity contribution in [2.24, 2.45) is 0 Å². The summed E-state index contributed by atoms with van der Waals surface area (Å²) in [5, 5.41) is 7.63. The van der Waals surface area contributed by atoms with E-state index in [1.165, 1.54) is 6.20 Å². The fourth-order valence-electron chi connectivity index (χ4n) is 3.94. The third-order valence-corrected chi connectivity index (χ3v) is 7.08. The molecule has 2 radical (unpaired) electrons. The Hall–Kier alpha value is -4.25. The SMILES string of the molecule is [B]c1cnn2c(NCc3cccc(NS(=O)(=O)c4cc(F)cc(F)c4)c3)cc(-c3ccccc3C)nc12. The molecule has 2 N–H and O–H groups in total. The molecule has 0 saturated heterocycles. The molecule has 0 saturated carbocycles. The number of aryl methyl sites for hydroxylation is 1. The number of sulfonamides is 1. The van der Waals surface area contributed by atoms with E-state index in [9.17, 15) is 17.2 Å². The van der Waals surface area contributed by atoms with Gasteiger partial charge in [0.05, 0.1) is 10.6 Å². The number of benzene rings is 3. The van der Waals surface area contributed by atoms with E-state index in [0.29, 0.717) is 29.5 Å². The van der Waals surface area contributed by atoms with Crippen LogP contribution in [-0.4, -0.2) is 30.9 Å². The lowest BCUT2D eigenvalue weighted by Gasteiger charge is -2.13. The summed E-state index contributed by atoms with van der Waals surface area (Å²) >= 11 is 0. The van der Waals surface area contributed by atoms with Crippen LogP contribution in [0.3, 0.4) is 0 Å². The molecule has 0 fully saturated rings. The molecule has 0 aliphatic rings. The Bertz CT molecular complexity index is 1720. The van der Waals surface area contributed by atoms with Crippen molar-refractivity contribution in [2.45, 2.75) is 18.4 Å². The number of hydrogen-bond acceptors (Lipinski definition) is 5. The molecule has 37 heavy (non-hydrogen) atoms. The van der Waals surface area contributed by atoms with Gasteiger partial charge in [-0.15, -0.1) is 0 Å². The highest BCUT2D eigenvalue weighted by atomic mass is 32.2. The minimum atomic E-state index is -4.20. The molecule has 5 rings (SSSR count). The second-order valence-electron chi connectivity index (χ2n) is 8.44. The van der Waals surface area contributed by atoms with Gasteiger partial charge in [-0.2, -0.15) is 9.61 Å². The topological polar surface area (TPSA) is 88.4 Å². The van der Waals surface area contributed by atoms with Crippen LogP contribution in [0.5, 0.6) is 0 Å². The van der Waals surface area contributed by atoms with Gasteiger partial charge >= 0.3 is 0 Å². The molecule has 11 heteroatoms. The molecule has 3 aromatic carbocycles. The predicted octanol–water partition coefficient (Wildman–Crippen LogP) is 4.19. The third-order valence-electron chi connectivity index (χ3n) is 5.72. The Morgan fingerprint density at radius 1 is 0.973 bits per heavy atom. The minimum absolute atomic E-state index is 0.243. The van der Waals surface area contributed by atoms with Gasteiger partial charge in [-0.3, -0.25) is 4.72 Å². The summed E-state index contributed by atoms with van der Waals surface area (Å²) in [7, 11) is 1.90. The Morgan fingerprint density at radius 3 is 2.49 bits per heavy atom. The maximum atomic E-state index is 13.5. The number of anilines is 2. The molecule has 0 aliphatic heterocycles. The zero-order valence-corrected chi connectivity index (χ0v) is 20.4. The molecule has 2 heterocycles. The van der Waals surface area contributed by atoms with Gasteiger partial charge in [-0.05, 0) is 47.8 Å². The molecule has 5 aromatic rings. The molecule has 0 bridgehead atoms. The Balaban J connectivity index is 1.41. The quantitative estimate of drug-likeness (QED) is 0.318. The summed E-state index contributed by atoms with van der Waals surface area (Å²) in [6.07, 6.45) is 1.53. The summed E-state index contributed by atoms with van der Waals surface area (Å²) < 4.78 is 56.3. The van der Waals surface area contributed by atoms with Crippen molar-refractivity contribution in [3.8, 4) is 11.3 Å². The van der Waals surface area contributed by atoms with E-state index in [1.54, 1.807) is 22.7 Å². The van der Waals surface area contributed by atoms with Crippen LogP contribution in [0.15, 0.2) is 83.9 Å². The molecule has 0 unspecified atom stereocenters. The zero-order valence-electron chi connectivity index (χ0n) is 19.6. The standard InChI is InChI=1S/C26H20BF2N5O2S/c1-16-5-2-3-8-22(16)24-13-25(34-26(32-24)23(27)15-31-34)30-14-17-6-4-7-20(9-17)33-37(35,36)21-11-18(28)10-19(29)12-21/h2-13,15,30,33H,14H2,1H3. The van der Waals surface area contributed by atoms with Crippen molar-refractivity contribution in [3.05, 3.63) is 102 Å². The highest BCUT2D eigenvalue weighted by molar-refractivity contribution is 7.92. The van der Waals surface area contributed by atoms with Crippen molar-refractivity contribution >= 4 is 40.5 Å². The average Bonchev–Trinajstić information content (AvgIpc) is 3.23. The first-order valence-electron chi connectivity index (χ1n) is 11.2. The van der Waals surface area contributed by atoms with Crippen molar-refractivity contribution in [2.75, 3.05) is 10.0 Å². The van der Waals surface area contributed by atoms with E-state index in [4.69, 9.17) is 7.85 Å². The minimum Gasteiger partial charge on any atom is -0.366 e. The molecular formula is C26H20BF2N5O2S. The third kappa shape index (κ3) is 5.17. The Morgan fingerprint density at radius 2 is 1.73 bits per heavy atom. The first-order chi connectivity index (χ1) is 17.7. The molecule has 7 nitrogen and oxygen atoms in total. The Labute approximate surface area is 213 Å². The van der Waals surface area contributed by atoms with Crippen LogP contribution in [0, 0.1) is 18.6 Å². The van der Waals surface area contributed by atoms with Gasteiger partial charge in [0.25, 0.3) is 10.0 Å². The van der Waals surface area contributed by atoms with Gasteiger partial charge < -0.3 is 5.32 Å². The molecule has 0 aliphatic carbocycles. The fourth-order valence-corrected chi connectivity index (χ4v) is 5.03. The molecule has 0 atom stereocenters. The van der Waals surface area contributed by atoms with E-state index in [1.807, 2.05) is 43.3 Å². The lowest BCUT2D eigenvalue weighted by molar-refractivity contribution is 0.568. The lowest BCUT2D eigenvalue weighted by atomic mass is 10.00. The first-order valence-corrected chi connectivity index (χ1v) is 12.7. The fraction of sp³-hybridized carbons (Fsp3) is 0.0769. The Kier molecular flexibility index (Phi) is 6.38. The van der Waals surface area contributed by atoms with Crippen molar-refractivity contribution in [1.29, 1.82) is 0 Å². The van der Waals surface area contributed by atoms with Crippen molar-refractivity contribution in [1.82, 2.24) is 14.6 Å². The van der Waals surface area contributed by atoms with Crippen LogP contribution >= 0.6 is 0 Å². The summed E-state index contributed by atoms with van der Waals surface area (Å²) in [6.45, 7) is 2.31. The number of nitrogens with one attached hydrogen (secondary N) is 2. The highest BCUT2D eigenvalue weighted by Gasteiger charge is 2.17. The molecule has 0 spiro atoms. The zero-order chi connectivity index (χ0) is 26.2. The number of rotatable bonds is 7. The van der Waals surface area contributed by atoms with Gasteiger partial charge in [-0.1, -0.05) is 36.4 Å². The summed E-state index contributed by atoms with van der Waals surface area (Å²) in [5.41, 5.74) is 4.67. The lowest BCUT2D eigenvalue weighted by Crippen LogP contribution is -2.14. The predicted molar refractivity (Wildman–Crippen MR) is 139 cm³/mol. The van der Waals surface area contributed by atoms with Crippen molar-refractivity contribution < 1.29 is 17.2 Å². The summed E-state index contributed by atoms with van der Waals surface area (Å²) in [4.78, 5) is 4.18. The second kappa shape index (κ2) is 9.66. The summed E-state index contributed by atoms with van der Waals surface area (Å²) in [6, 6.07) is 18.5. The smallest absolute Gasteiger partial charge is 0.262 e. The molecule has 0 amide bonds. The second-order valence-corrected chi connectivity index (χ2v) is 10.1. The monoisotopic (exact) mass is 515 g/mol. The maximum absolute atomic E-state index is 13.5. The number of nitrogens with zero attached hydrogens (tertiary/aromatic N) is 3. The van der Waals surface area contributed by atoms with E-state index >= 15 is 0 Å². The molecular weight excluding hydrogens is 495 g/mol. The van der Waals surface area contributed by atoms with Gasteiger partial charge in [0.2, 0.25) is 0 Å². The highest BCUT2D eigenvalue weighted by Crippen LogP contribution is 2.25. The normalized spacial score (nSPS) is 11.5. The van der Waals surface area contributed by atoms with E-state index in [-0.39, 0.29) is 5.69 Å². The molecule has 2 aromatic heterocycles. The van der Waals surface area contributed by atoms with E-state index < -0.39 is 26.6 Å². The van der Waals surface area contributed by atoms with E-state index in [0.717, 1.165) is 34.5 Å². The number of hydrogen-bond donors (Lipinski definition) is 2. The van der Waals surface area contributed by atoms with Gasteiger partial charge in [0, 0.05) is 36.1 Å². The largest absolute Gasteiger partial charge is 0.366 e. The maximum Gasteiger partial charge on any atom is 0.262 e. The van der Waals surface area contributed by atoms with Crippen LogP contribution in [0.25, 0.3) is 16.9 Å². The first kappa shape index (κ1) is 24.4. The average molecular weight is 515 g/mol. The number of aromatic nitrogens is 3. The number of fused-ring (bicyclic) bond motifs is 1. The van der Waals surface area contributed by atoms with Crippen LogP contribution in [0.1, 0.15) is 11.1 Å². The van der Waals surface area contributed by atoms with Gasteiger partial charge in [-0.25, -0.2) is 22.2 Å². The van der Waals surface area contributed by atoms with E-state index in [2.05, 4.69) is 20.1 Å². The van der Waals surface area contributed by atoms with Crippen LogP contribution < -0.4 is 15.5 Å².